The van der Waals surface area contributed by atoms with Crippen LogP contribution < -0.4 is 9.64 Å². The summed E-state index contributed by atoms with van der Waals surface area (Å²) in [4.78, 5) is 27.6. The molecule has 170 valence electrons. The molecule has 1 amide bonds. The van der Waals surface area contributed by atoms with E-state index in [1.807, 2.05) is 0 Å². The number of hydrogen-bond donors (Lipinski definition) is 1. The summed E-state index contributed by atoms with van der Waals surface area (Å²) in [6.07, 6.45) is 1.46. The van der Waals surface area contributed by atoms with Crippen molar-refractivity contribution in [2.45, 2.75) is 26.8 Å². The maximum Gasteiger partial charge on any atom is 0.300 e. The summed E-state index contributed by atoms with van der Waals surface area (Å²) in [5.74, 6) is -0.469. The smallest absolute Gasteiger partial charge is 0.300 e. The minimum absolute atomic E-state index is 0.0508. The Hall–Kier alpha value is -3.51. The molecule has 1 atom stereocenters. The Morgan fingerprint density at radius 3 is 2.48 bits per heavy atom. The molecule has 0 saturated carbocycles. The quantitative estimate of drug-likeness (QED) is 0.278. The number of Topliss-reactive ketones (excluding diaryl/α,β-unsaturated/α-hetero) is 1. The molecule has 0 aliphatic carbocycles. The van der Waals surface area contributed by atoms with E-state index in [-0.39, 0.29) is 11.3 Å². The molecule has 1 saturated heterocycles. The van der Waals surface area contributed by atoms with Gasteiger partial charge in [-0.3, -0.25) is 14.5 Å². The molecule has 33 heavy (non-hydrogen) atoms. The number of ether oxygens (including phenoxy) is 1. The van der Waals surface area contributed by atoms with Crippen molar-refractivity contribution < 1.29 is 23.8 Å². The molecule has 0 spiro atoms. The lowest BCUT2D eigenvalue weighted by molar-refractivity contribution is -0.132. The van der Waals surface area contributed by atoms with E-state index in [0.717, 1.165) is 0 Å². The van der Waals surface area contributed by atoms with E-state index in [1.165, 1.54) is 11.2 Å². The van der Waals surface area contributed by atoms with Gasteiger partial charge in [0, 0.05) is 16.3 Å². The highest BCUT2D eigenvalue weighted by molar-refractivity contribution is 6.52. The number of ketones is 1. The minimum Gasteiger partial charge on any atom is -0.507 e. The summed E-state index contributed by atoms with van der Waals surface area (Å²) in [5, 5.41) is 11.6. The fourth-order valence-corrected chi connectivity index (χ4v) is 3.95. The number of benzene rings is 2. The first kappa shape index (κ1) is 22.7. The molecule has 1 aromatic heterocycles. The van der Waals surface area contributed by atoms with Crippen molar-refractivity contribution >= 4 is 34.7 Å². The van der Waals surface area contributed by atoms with E-state index in [4.69, 9.17) is 20.8 Å². The number of aliphatic hydroxyl groups excluding tert-OH is 1. The fraction of sp³-hybridized carbons (Fsp3) is 0.231. The van der Waals surface area contributed by atoms with Gasteiger partial charge >= 0.3 is 0 Å². The van der Waals surface area contributed by atoms with Crippen LogP contribution in [-0.4, -0.2) is 23.4 Å². The number of hydrogen-bond acceptors (Lipinski definition) is 5. The van der Waals surface area contributed by atoms with Crippen molar-refractivity contribution in [2.24, 2.45) is 5.92 Å². The number of aliphatic hydroxyl groups is 1. The summed E-state index contributed by atoms with van der Waals surface area (Å²) in [5.41, 5.74) is 1.46. The maximum absolute atomic E-state index is 13.2. The number of carbonyl (C=O) groups is 2. The van der Waals surface area contributed by atoms with Gasteiger partial charge in [0.1, 0.15) is 23.3 Å². The first-order chi connectivity index (χ1) is 15.8. The molecule has 1 fully saturated rings. The van der Waals surface area contributed by atoms with Crippen LogP contribution in [0.25, 0.3) is 5.76 Å². The molecule has 1 aliphatic rings. The van der Waals surface area contributed by atoms with Crippen molar-refractivity contribution in [3.63, 3.8) is 0 Å². The van der Waals surface area contributed by atoms with Crippen molar-refractivity contribution in [1.82, 2.24) is 0 Å². The highest BCUT2D eigenvalue weighted by atomic mass is 35.5. The third kappa shape index (κ3) is 4.26. The van der Waals surface area contributed by atoms with Gasteiger partial charge in [0.25, 0.3) is 11.7 Å². The lowest BCUT2D eigenvalue weighted by Gasteiger charge is -2.25. The van der Waals surface area contributed by atoms with Crippen LogP contribution in [0.15, 0.2) is 70.9 Å². The SMILES string of the molecule is Cc1c(Cl)cccc1N1C(=O)C(=O)/C(=C(\O)c2ccc(OCC(C)C)cc2)C1c1ccco1. The van der Waals surface area contributed by atoms with Crippen LogP contribution in [-0.2, 0) is 9.59 Å². The average molecular weight is 466 g/mol. The van der Waals surface area contributed by atoms with E-state index in [9.17, 15) is 14.7 Å². The van der Waals surface area contributed by atoms with Gasteiger partial charge in [0.15, 0.2) is 0 Å². The molecule has 1 N–H and O–H groups in total. The summed E-state index contributed by atoms with van der Waals surface area (Å²) in [7, 11) is 0. The Labute approximate surface area is 197 Å². The van der Waals surface area contributed by atoms with Gasteiger partial charge in [-0.15, -0.1) is 0 Å². The third-order valence-electron chi connectivity index (χ3n) is 5.47. The van der Waals surface area contributed by atoms with Crippen LogP contribution in [0, 0.1) is 12.8 Å². The second kappa shape index (κ2) is 9.16. The van der Waals surface area contributed by atoms with Gasteiger partial charge in [-0.05, 0) is 66.9 Å². The van der Waals surface area contributed by atoms with Crippen LogP contribution in [0.2, 0.25) is 5.02 Å². The third-order valence-corrected chi connectivity index (χ3v) is 5.88. The molecule has 4 rings (SSSR count). The van der Waals surface area contributed by atoms with Gasteiger partial charge < -0.3 is 14.3 Å². The largest absolute Gasteiger partial charge is 0.507 e. The minimum atomic E-state index is -0.936. The lowest BCUT2D eigenvalue weighted by Crippen LogP contribution is -2.30. The summed E-state index contributed by atoms with van der Waals surface area (Å²) >= 11 is 6.28. The molecule has 3 aromatic rings. The number of halogens is 1. The molecule has 2 heterocycles. The van der Waals surface area contributed by atoms with Gasteiger partial charge in [0.05, 0.1) is 18.4 Å². The first-order valence-electron chi connectivity index (χ1n) is 10.6. The molecular formula is C26H24ClNO5. The zero-order valence-electron chi connectivity index (χ0n) is 18.5. The zero-order valence-corrected chi connectivity index (χ0v) is 19.3. The van der Waals surface area contributed by atoms with E-state index in [2.05, 4.69) is 13.8 Å². The highest BCUT2D eigenvalue weighted by Gasteiger charge is 2.48. The predicted octanol–water partition coefficient (Wildman–Crippen LogP) is 5.90. The first-order valence-corrected chi connectivity index (χ1v) is 11.0. The maximum atomic E-state index is 13.2. The molecule has 1 aliphatic heterocycles. The van der Waals surface area contributed by atoms with E-state index >= 15 is 0 Å². The number of rotatable bonds is 6. The van der Waals surface area contributed by atoms with Gasteiger partial charge in [-0.1, -0.05) is 31.5 Å². The number of furan rings is 1. The molecule has 0 radical (unpaired) electrons. The molecular weight excluding hydrogens is 442 g/mol. The second-order valence-corrected chi connectivity index (χ2v) is 8.70. The Balaban J connectivity index is 1.81. The normalized spacial score (nSPS) is 17.7. The van der Waals surface area contributed by atoms with Gasteiger partial charge in [-0.25, -0.2) is 0 Å². The van der Waals surface area contributed by atoms with Crippen molar-refractivity contribution in [2.75, 3.05) is 11.5 Å². The molecule has 0 bridgehead atoms. The van der Waals surface area contributed by atoms with Gasteiger partial charge in [0.2, 0.25) is 0 Å². The van der Waals surface area contributed by atoms with Crippen molar-refractivity contribution in [3.05, 3.63) is 88.3 Å². The summed E-state index contributed by atoms with van der Waals surface area (Å²) in [6, 6.07) is 14.3. The Bertz CT molecular complexity index is 1210. The van der Waals surface area contributed by atoms with Gasteiger partial charge in [-0.2, -0.15) is 0 Å². The van der Waals surface area contributed by atoms with Crippen LogP contribution >= 0.6 is 11.6 Å². The topological polar surface area (TPSA) is 80.0 Å². The van der Waals surface area contributed by atoms with Crippen LogP contribution in [0.4, 0.5) is 5.69 Å². The van der Waals surface area contributed by atoms with E-state index in [1.54, 1.807) is 61.5 Å². The molecule has 2 aromatic carbocycles. The number of amides is 1. The lowest BCUT2D eigenvalue weighted by atomic mass is 9.99. The summed E-state index contributed by atoms with van der Waals surface area (Å²) < 4.78 is 11.3. The highest BCUT2D eigenvalue weighted by Crippen LogP contribution is 2.44. The Morgan fingerprint density at radius 1 is 1.12 bits per heavy atom. The predicted molar refractivity (Wildman–Crippen MR) is 126 cm³/mol. The Morgan fingerprint density at radius 2 is 1.85 bits per heavy atom. The van der Waals surface area contributed by atoms with E-state index < -0.39 is 17.7 Å². The standard InChI is InChI=1S/C26H24ClNO5/c1-15(2)14-33-18-11-9-17(10-12-18)24(29)22-23(21-8-5-13-32-21)28(26(31)25(22)30)20-7-4-6-19(27)16(20)3/h4-13,15,23,29H,14H2,1-3H3/b24-22-. The molecule has 6 nitrogen and oxygen atoms in total. The van der Waals surface area contributed by atoms with Crippen LogP contribution in [0.5, 0.6) is 5.75 Å². The number of nitrogens with zero attached hydrogens (tertiary/aromatic N) is 1. The zero-order chi connectivity index (χ0) is 23.7. The molecule has 1 unspecified atom stereocenters. The average Bonchev–Trinajstić information content (AvgIpc) is 3.41. The Kier molecular flexibility index (Phi) is 6.29. The monoisotopic (exact) mass is 465 g/mol. The summed E-state index contributed by atoms with van der Waals surface area (Å²) in [6.45, 7) is 6.44. The molecule has 7 heteroatoms. The number of anilines is 1. The van der Waals surface area contributed by atoms with Crippen molar-refractivity contribution in [3.8, 4) is 5.75 Å². The van der Waals surface area contributed by atoms with E-state index in [0.29, 0.717) is 45.9 Å². The fourth-order valence-electron chi connectivity index (χ4n) is 3.78. The van der Waals surface area contributed by atoms with Crippen LogP contribution in [0.1, 0.15) is 36.8 Å². The van der Waals surface area contributed by atoms with Crippen molar-refractivity contribution in [1.29, 1.82) is 0 Å². The number of carbonyl (C=O) groups excluding carboxylic acids is 2. The second-order valence-electron chi connectivity index (χ2n) is 8.30. The van der Waals surface area contributed by atoms with Crippen LogP contribution in [0.3, 0.4) is 0 Å².